The number of ether oxygens (including phenoxy) is 1. The molecule has 1 rings (SSSR count). The van der Waals surface area contributed by atoms with Crippen LogP contribution in [0.15, 0.2) is 18.8 Å². The van der Waals surface area contributed by atoms with Crippen LogP contribution >= 0.6 is 0 Å². The van der Waals surface area contributed by atoms with Gasteiger partial charge in [0.1, 0.15) is 0 Å². The largest absolute Gasteiger partial charge is 0.491 e. The van der Waals surface area contributed by atoms with Crippen molar-refractivity contribution in [2.75, 3.05) is 6.61 Å². The summed E-state index contributed by atoms with van der Waals surface area (Å²) in [6.45, 7) is 8.30. The standard InChI is InChI=1S/C10H14N2O/c1-4-9-6-7-11-10(12-9)8(3)13-5-2/h6-7H,3-5H2,1-2H3. The van der Waals surface area contributed by atoms with E-state index in [2.05, 4.69) is 23.5 Å². The van der Waals surface area contributed by atoms with E-state index in [0.29, 0.717) is 18.2 Å². The normalized spacial score (nSPS) is 9.69. The summed E-state index contributed by atoms with van der Waals surface area (Å²) in [7, 11) is 0. The van der Waals surface area contributed by atoms with E-state index in [1.165, 1.54) is 0 Å². The fraction of sp³-hybridized carbons (Fsp3) is 0.400. The molecule has 0 aromatic carbocycles. The molecule has 1 aromatic heterocycles. The summed E-state index contributed by atoms with van der Waals surface area (Å²) in [4.78, 5) is 8.34. The molecule has 0 N–H and O–H groups in total. The number of rotatable bonds is 4. The molecule has 0 aliphatic carbocycles. The predicted octanol–water partition coefficient (Wildman–Crippen LogP) is 2.05. The van der Waals surface area contributed by atoms with Crippen LogP contribution in [0.1, 0.15) is 25.4 Å². The number of aryl methyl sites for hydroxylation is 1. The second-order valence-corrected chi connectivity index (χ2v) is 2.58. The Morgan fingerprint density at radius 1 is 1.54 bits per heavy atom. The van der Waals surface area contributed by atoms with E-state index in [-0.39, 0.29) is 0 Å². The Labute approximate surface area is 78.5 Å². The number of hydrogen-bond donors (Lipinski definition) is 0. The third-order valence-corrected chi connectivity index (χ3v) is 1.64. The third kappa shape index (κ3) is 2.54. The molecule has 0 atom stereocenters. The topological polar surface area (TPSA) is 35.0 Å². The molecule has 0 spiro atoms. The molecule has 13 heavy (non-hydrogen) atoms. The second-order valence-electron chi connectivity index (χ2n) is 2.58. The maximum Gasteiger partial charge on any atom is 0.194 e. The van der Waals surface area contributed by atoms with Gasteiger partial charge in [0.2, 0.25) is 0 Å². The van der Waals surface area contributed by atoms with Crippen LogP contribution in [0.4, 0.5) is 0 Å². The minimum Gasteiger partial charge on any atom is -0.491 e. The van der Waals surface area contributed by atoms with Gasteiger partial charge in [0.05, 0.1) is 6.61 Å². The van der Waals surface area contributed by atoms with E-state index >= 15 is 0 Å². The van der Waals surface area contributed by atoms with Crippen molar-refractivity contribution in [3.63, 3.8) is 0 Å². The Bertz CT molecular complexity index is 297. The summed E-state index contributed by atoms with van der Waals surface area (Å²) < 4.78 is 5.21. The van der Waals surface area contributed by atoms with Gasteiger partial charge in [-0.05, 0) is 19.4 Å². The third-order valence-electron chi connectivity index (χ3n) is 1.64. The van der Waals surface area contributed by atoms with E-state index < -0.39 is 0 Å². The van der Waals surface area contributed by atoms with Crippen LogP contribution in [0.2, 0.25) is 0 Å². The van der Waals surface area contributed by atoms with Crippen molar-refractivity contribution in [1.29, 1.82) is 0 Å². The average molecular weight is 178 g/mol. The molecule has 0 aliphatic heterocycles. The summed E-state index contributed by atoms with van der Waals surface area (Å²) in [6, 6.07) is 1.89. The zero-order chi connectivity index (χ0) is 9.68. The molecule has 0 radical (unpaired) electrons. The molecule has 0 aliphatic rings. The molecule has 1 heterocycles. The van der Waals surface area contributed by atoms with E-state index in [1.54, 1.807) is 6.20 Å². The summed E-state index contributed by atoms with van der Waals surface area (Å²) >= 11 is 0. The molecule has 0 saturated heterocycles. The van der Waals surface area contributed by atoms with Crippen LogP contribution in [0.25, 0.3) is 5.76 Å². The minimum atomic E-state index is 0.540. The van der Waals surface area contributed by atoms with Crippen molar-refractivity contribution in [3.05, 3.63) is 30.4 Å². The molecule has 0 fully saturated rings. The monoisotopic (exact) mass is 178 g/mol. The van der Waals surface area contributed by atoms with Crippen LogP contribution in [-0.4, -0.2) is 16.6 Å². The van der Waals surface area contributed by atoms with Crippen LogP contribution in [0.3, 0.4) is 0 Å². The van der Waals surface area contributed by atoms with E-state index in [1.807, 2.05) is 13.0 Å². The Morgan fingerprint density at radius 3 is 2.92 bits per heavy atom. The quantitative estimate of drug-likeness (QED) is 0.662. The van der Waals surface area contributed by atoms with Gasteiger partial charge in [-0.3, -0.25) is 0 Å². The average Bonchev–Trinajstić information content (AvgIpc) is 2.18. The van der Waals surface area contributed by atoms with E-state index in [9.17, 15) is 0 Å². The summed E-state index contributed by atoms with van der Waals surface area (Å²) in [6.07, 6.45) is 2.63. The summed E-state index contributed by atoms with van der Waals surface area (Å²) in [5, 5.41) is 0. The zero-order valence-electron chi connectivity index (χ0n) is 8.08. The highest BCUT2D eigenvalue weighted by Gasteiger charge is 2.02. The molecule has 0 bridgehead atoms. The van der Waals surface area contributed by atoms with Crippen molar-refractivity contribution in [1.82, 2.24) is 9.97 Å². The smallest absolute Gasteiger partial charge is 0.194 e. The van der Waals surface area contributed by atoms with Gasteiger partial charge in [0.25, 0.3) is 0 Å². The highest BCUT2D eigenvalue weighted by Crippen LogP contribution is 2.08. The van der Waals surface area contributed by atoms with Gasteiger partial charge >= 0.3 is 0 Å². The fourth-order valence-corrected chi connectivity index (χ4v) is 0.966. The van der Waals surface area contributed by atoms with Crippen LogP contribution in [0.5, 0.6) is 0 Å². The highest BCUT2D eigenvalue weighted by atomic mass is 16.5. The highest BCUT2D eigenvalue weighted by molar-refractivity contribution is 5.49. The summed E-state index contributed by atoms with van der Waals surface area (Å²) in [5.41, 5.74) is 1.01. The first kappa shape index (κ1) is 9.71. The Balaban J connectivity index is 2.82. The van der Waals surface area contributed by atoms with Gasteiger partial charge in [0, 0.05) is 11.9 Å². The minimum absolute atomic E-state index is 0.540. The lowest BCUT2D eigenvalue weighted by Crippen LogP contribution is -1.99. The first-order chi connectivity index (χ1) is 6.27. The van der Waals surface area contributed by atoms with Crippen LogP contribution in [-0.2, 0) is 11.2 Å². The van der Waals surface area contributed by atoms with Gasteiger partial charge in [-0.2, -0.15) is 0 Å². The summed E-state index contributed by atoms with van der Waals surface area (Å²) in [5.74, 6) is 1.12. The lowest BCUT2D eigenvalue weighted by molar-refractivity contribution is 0.296. The lowest BCUT2D eigenvalue weighted by atomic mass is 10.3. The zero-order valence-corrected chi connectivity index (χ0v) is 8.08. The van der Waals surface area contributed by atoms with Crippen molar-refractivity contribution in [2.45, 2.75) is 20.3 Å². The molecule has 3 heteroatoms. The Hall–Kier alpha value is -1.38. The van der Waals surface area contributed by atoms with Crippen molar-refractivity contribution < 1.29 is 4.74 Å². The molecule has 0 saturated carbocycles. The first-order valence-corrected chi connectivity index (χ1v) is 4.42. The second kappa shape index (κ2) is 4.60. The van der Waals surface area contributed by atoms with Gasteiger partial charge in [-0.25, -0.2) is 9.97 Å². The van der Waals surface area contributed by atoms with Crippen LogP contribution < -0.4 is 0 Å². The van der Waals surface area contributed by atoms with Crippen molar-refractivity contribution in [3.8, 4) is 0 Å². The predicted molar refractivity (Wildman–Crippen MR) is 52.1 cm³/mol. The van der Waals surface area contributed by atoms with E-state index in [0.717, 1.165) is 12.1 Å². The van der Waals surface area contributed by atoms with E-state index in [4.69, 9.17) is 4.74 Å². The Kier molecular flexibility index (Phi) is 3.43. The first-order valence-electron chi connectivity index (χ1n) is 4.42. The lowest BCUT2D eigenvalue weighted by Gasteiger charge is -2.05. The van der Waals surface area contributed by atoms with Crippen LogP contribution in [0, 0.1) is 0 Å². The molecule has 0 amide bonds. The number of nitrogens with zero attached hydrogens (tertiary/aromatic N) is 2. The van der Waals surface area contributed by atoms with Gasteiger partial charge < -0.3 is 4.74 Å². The number of hydrogen-bond acceptors (Lipinski definition) is 3. The maximum absolute atomic E-state index is 5.21. The Morgan fingerprint density at radius 2 is 2.31 bits per heavy atom. The maximum atomic E-state index is 5.21. The number of aromatic nitrogens is 2. The molecule has 70 valence electrons. The SMILES string of the molecule is C=C(OCC)c1nccc(CC)n1. The van der Waals surface area contributed by atoms with Crippen molar-refractivity contribution in [2.24, 2.45) is 0 Å². The molecule has 3 nitrogen and oxygen atoms in total. The van der Waals surface area contributed by atoms with Gasteiger partial charge in [0.15, 0.2) is 11.6 Å². The molecule has 1 aromatic rings. The fourth-order valence-electron chi connectivity index (χ4n) is 0.966. The van der Waals surface area contributed by atoms with Gasteiger partial charge in [-0.15, -0.1) is 0 Å². The molecule has 0 unspecified atom stereocenters. The van der Waals surface area contributed by atoms with Gasteiger partial charge in [-0.1, -0.05) is 13.5 Å². The van der Waals surface area contributed by atoms with Crippen molar-refractivity contribution >= 4 is 5.76 Å². The molecular formula is C10H14N2O. The molecular weight excluding hydrogens is 164 g/mol.